The number of halogens is 1. The fourth-order valence-corrected chi connectivity index (χ4v) is 2.78. The van der Waals surface area contributed by atoms with Crippen molar-refractivity contribution in [1.29, 1.82) is 0 Å². The van der Waals surface area contributed by atoms with Crippen LogP contribution in [-0.4, -0.2) is 15.6 Å². The number of piperidine rings is 1. The average Bonchev–Trinajstić information content (AvgIpc) is 2.88. The van der Waals surface area contributed by atoms with E-state index in [1.54, 1.807) is 18.5 Å². The Hall–Kier alpha value is -1.68. The topological polar surface area (TPSA) is 29.9 Å². The van der Waals surface area contributed by atoms with Crippen molar-refractivity contribution in [2.45, 2.75) is 38.3 Å². The fraction of sp³-hybridized carbons (Fsp3) is 0.400. The molecule has 3 nitrogen and oxygen atoms in total. The molecule has 4 heteroatoms. The van der Waals surface area contributed by atoms with E-state index in [4.69, 9.17) is 0 Å². The second-order valence-corrected chi connectivity index (χ2v) is 5.19. The standard InChI is InChI=1S/C15H18FN3/c1-11-5-4-7-13(18-11)15-9-17-10-19(15)14-8-3-2-6-12(14)16/h2-3,6,8-11,13,18H,4-5,7H2,1H3. The fourth-order valence-electron chi connectivity index (χ4n) is 2.78. The molecule has 0 spiro atoms. The highest BCUT2D eigenvalue weighted by Gasteiger charge is 2.23. The third-order valence-electron chi connectivity index (χ3n) is 3.75. The molecule has 0 bridgehead atoms. The summed E-state index contributed by atoms with van der Waals surface area (Å²) >= 11 is 0. The van der Waals surface area contributed by atoms with Crippen LogP contribution in [0.25, 0.3) is 5.69 Å². The number of aromatic nitrogens is 2. The van der Waals surface area contributed by atoms with Crippen LogP contribution < -0.4 is 5.32 Å². The lowest BCUT2D eigenvalue weighted by Gasteiger charge is -2.29. The van der Waals surface area contributed by atoms with Crippen molar-refractivity contribution in [3.05, 3.63) is 48.3 Å². The Kier molecular flexibility index (Phi) is 3.34. The van der Waals surface area contributed by atoms with Crippen molar-refractivity contribution < 1.29 is 4.39 Å². The van der Waals surface area contributed by atoms with E-state index in [9.17, 15) is 4.39 Å². The smallest absolute Gasteiger partial charge is 0.147 e. The molecular formula is C15H18FN3. The van der Waals surface area contributed by atoms with Crippen LogP contribution in [0.4, 0.5) is 4.39 Å². The van der Waals surface area contributed by atoms with E-state index in [2.05, 4.69) is 17.2 Å². The minimum Gasteiger partial charge on any atom is -0.306 e. The maximum Gasteiger partial charge on any atom is 0.147 e. The number of rotatable bonds is 2. The van der Waals surface area contributed by atoms with Gasteiger partial charge in [-0.3, -0.25) is 4.57 Å². The molecule has 1 N–H and O–H groups in total. The van der Waals surface area contributed by atoms with Gasteiger partial charge in [0.15, 0.2) is 0 Å². The number of hydrogen-bond donors (Lipinski definition) is 1. The summed E-state index contributed by atoms with van der Waals surface area (Å²) in [6.07, 6.45) is 6.99. The van der Waals surface area contributed by atoms with Crippen molar-refractivity contribution >= 4 is 0 Å². The van der Waals surface area contributed by atoms with E-state index < -0.39 is 0 Å². The Morgan fingerprint density at radius 1 is 1.32 bits per heavy atom. The molecule has 2 unspecified atom stereocenters. The Morgan fingerprint density at radius 3 is 2.95 bits per heavy atom. The van der Waals surface area contributed by atoms with Gasteiger partial charge in [-0.05, 0) is 38.3 Å². The van der Waals surface area contributed by atoms with Crippen molar-refractivity contribution in [2.24, 2.45) is 0 Å². The second kappa shape index (κ2) is 5.13. The molecular weight excluding hydrogens is 241 g/mol. The van der Waals surface area contributed by atoms with Gasteiger partial charge in [0.2, 0.25) is 0 Å². The second-order valence-electron chi connectivity index (χ2n) is 5.19. The molecule has 19 heavy (non-hydrogen) atoms. The van der Waals surface area contributed by atoms with Crippen LogP contribution in [0.2, 0.25) is 0 Å². The monoisotopic (exact) mass is 259 g/mol. The van der Waals surface area contributed by atoms with E-state index in [1.807, 2.05) is 16.8 Å². The zero-order valence-corrected chi connectivity index (χ0v) is 11.0. The van der Waals surface area contributed by atoms with Gasteiger partial charge in [0.25, 0.3) is 0 Å². The van der Waals surface area contributed by atoms with E-state index in [-0.39, 0.29) is 11.9 Å². The van der Waals surface area contributed by atoms with Crippen molar-refractivity contribution in [3.8, 4) is 5.69 Å². The maximum atomic E-state index is 13.9. The maximum absolute atomic E-state index is 13.9. The van der Waals surface area contributed by atoms with E-state index in [0.29, 0.717) is 11.7 Å². The van der Waals surface area contributed by atoms with Gasteiger partial charge in [0, 0.05) is 12.1 Å². The van der Waals surface area contributed by atoms with Gasteiger partial charge in [0.05, 0.1) is 23.9 Å². The minimum atomic E-state index is -0.217. The first-order chi connectivity index (χ1) is 9.25. The van der Waals surface area contributed by atoms with E-state index in [0.717, 1.165) is 12.1 Å². The summed E-state index contributed by atoms with van der Waals surface area (Å²) in [6.45, 7) is 2.19. The quantitative estimate of drug-likeness (QED) is 0.897. The number of para-hydroxylation sites is 1. The van der Waals surface area contributed by atoms with Crippen LogP contribution >= 0.6 is 0 Å². The molecule has 2 heterocycles. The number of hydrogen-bond acceptors (Lipinski definition) is 2. The van der Waals surface area contributed by atoms with E-state index in [1.165, 1.54) is 18.9 Å². The summed E-state index contributed by atoms with van der Waals surface area (Å²) in [5.41, 5.74) is 1.60. The highest BCUT2D eigenvalue weighted by Crippen LogP contribution is 2.27. The molecule has 1 aliphatic heterocycles. The van der Waals surface area contributed by atoms with Gasteiger partial charge in [-0.15, -0.1) is 0 Å². The molecule has 0 radical (unpaired) electrons. The predicted molar refractivity (Wildman–Crippen MR) is 72.7 cm³/mol. The Morgan fingerprint density at radius 2 is 2.16 bits per heavy atom. The predicted octanol–water partition coefficient (Wildman–Crippen LogP) is 3.21. The summed E-state index contributed by atoms with van der Waals surface area (Å²) in [6, 6.07) is 7.58. The Labute approximate surface area is 112 Å². The molecule has 0 aliphatic carbocycles. The zero-order chi connectivity index (χ0) is 13.2. The third kappa shape index (κ3) is 2.40. The third-order valence-corrected chi connectivity index (χ3v) is 3.75. The Balaban J connectivity index is 1.96. The van der Waals surface area contributed by atoms with Crippen LogP contribution in [0.5, 0.6) is 0 Å². The molecule has 1 aromatic carbocycles. The lowest BCUT2D eigenvalue weighted by molar-refractivity contribution is 0.334. The van der Waals surface area contributed by atoms with Gasteiger partial charge in [0.1, 0.15) is 5.82 Å². The first-order valence-corrected chi connectivity index (χ1v) is 6.79. The van der Waals surface area contributed by atoms with Gasteiger partial charge in [-0.2, -0.15) is 0 Å². The summed E-state index contributed by atoms with van der Waals surface area (Å²) in [5.74, 6) is -0.217. The summed E-state index contributed by atoms with van der Waals surface area (Å²) in [7, 11) is 0. The van der Waals surface area contributed by atoms with Crippen LogP contribution in [0.3, 0.4) is 0 Å². The number of benzene rings is 1. The first-order valence-electron chi connectivity index (χ1n) is 6.79. The molecule has 2 aromatic rings. The summed E-state index contributed by atoms with van der Waals surface area (Å²) in [5, 5.41) is 3.57. The average molecular weight is 259 g/mol. The molecule has 2 atom stereocenters. The van der Waals surface area contributed by atoms with Crippen LogP contribution in [-0.2, 0) is 0 Å². The number of nitrogens with one attached hydrogen (secondary N) is 1. The highest BCUT2D eigenvalue weighted by molar-refractivity contribution is 5.35. The lowest BCUT2D eigenvalue weighted by atomic mass is 9.97. The first kappa shape index (κ1) is 12.4. The van der Waals surface area contributed by atoms with Gasteiger partial charge in [-0.25, -0.2) is 9.37 Å². The molecule has 1 aromatic heterocycles. The van der Waals surface area contributed by atoms with Gasteiger partial charge in [-0.1, -0.05) is 12.1 Å². The minimum absolute atomic E-state index is 0.217. The molecule has 0 amide bonds. The normalized spacial score (nSPS) is 23.5. The molecule has 1 saturated heterocycles. The molecule has 1 fully saturated rings. The highest BCUT2D eigenvalue weighted by atomic mass is 19.1. The van der Waals surface area contributed by atoms with Crippen LogP contribution in [0.1, 0.15) is 37.9 Å². The summed E-state index contributed by atoms with van der Waals surface area (Å²) < 4.78 is 15.8. The zero-order valence-electron chi connectivity index (χ0n) is 11.0. The van der Waals surface area contributed by atoms with Crippen molar-refractivity contribution in [2.75, 3.05) is 0 Å². The van der Waals surface area contributed by atoms with Crippen molar-refractivity contribution in [1.82, 2.24) is 14.9 Å². The number of imidazole rings is 1. The Bertz CT molecular complexity index is 564. The lowest BCUT2D eigenvalue weighted by Crippen LogP contribution is -2.35. The van der Waals surface area contributed by atoms with Gasteiger partial charge < -0.3 is 5.32 Å². The van der Waals surface area contributed by atoms with Gasteiger partial charge >= 0.3 is 0 Å². The molecule has 0 saturated carbocycles. The largest absolute Gasteiger partial charge is 0.306 e. The van der Waals surface area contributed by atoms with Crippen LogP contribution in [0.15, 0.2) is 36.8 Å². The summed E-state index contributed by atoms with van der Waals surface area (Å²) in [4.78, 5) is 4.20. The SMILES string of the molecule is CC1CCCC(c2cncn2-c2ccccc2F)N1. The van der Waals surface area contributed by atoms with Crippen molar-refractivity contribution in [3.63, 3.8) is 0 Å². The molecule has 1 aliphatic rings. The molecule has 3 rings (SSSR count). The molecule has 100 valence electrons. The number of nitrogens with zero attached hydrogens (tertiary/aromatic N) is 2. The van der Waals surface area contributed by atoms with Crippen LogP contribution in [0, 0.1) is 5.82 Å². The van der Waals surface area contributed by atoms with E-state index >= 15 is 0 Å².